The molecule has 2 aromatic heterocycles. The van der Waals surface area contributed by atoms with Crippen LogP contribution in [0.4, 0.5) is 0 Å². The Morgan fingerprint density at radius 1 is 1.23 bits per heavy atom. The number of phenolic OH excluding ortho intramolecular Hbond substituents is 1. The Hall–Kier alpha value is -2.46. The summed E-state index contributed by atoms with van der Waals surface area (Å²) in [6, 6.07) is 10.9. The molecule has 156 valence electrons. The number of hydrogen-bond donors (Lipinski definition) is 1. The van der Waals surface area contributed by atoms with Gasteiger partial charge in [0.2, 0.25) is 5.52 Å². The zero-order valence-electron chi connectivity index (χ0n) is 16.1. The number of fused-ring (bicyclic) bond motifs is 3. The zero-order valence-corrected chi connectivity index (χ0v) is 18.5. The Kier molecular flexibility index (Phi) is 5.79. The minimum Gasteiger partial charge on any atom is -0.748 e. The van der Waals surface area contributed by atoms with Gasteiger partial charge in [-0.3, -0.25) is 0 Å². The molecule has 2 aromatic carbocycles. The highest BCUT2D eigenvalue weighted by molar-refractivity contribution is 7.85. The second-order valence-corrected chi connectivity index (χ2v) is 10.2. The third-order valence-corrected chi connectivity index (χ3v) is 7.48. The molecular formula is C21H19NO5S3. The van der Waals surface area contributed by atoms with E-state index < -0.39 is 15.9 Å². The van der Waals surface area contributed by atoms with Gasteiger partial charge in [-0.25, -0.2) is 8.42 Å². The van der Waals surface area contributed by atoms with Gasteiger partial charge in [-0.15, -0.1) is 11.3 Å². The molecule has 0 amide bonds. The van der Waals surface area contributed by atoms with Gasteiger partial charge in [0.1, 0.15) is 20.9 Å². The van der Waals surface area contributed by atoms with Crippen molar-refractivity contribution >= 4 is 65.2 Å². The van der Waals surface area contributed by atoms with E-state index >= 15 is 0 Å². The molecule has 0 saturated carbocycles. The highest BCUT2D eigenvalue weighted by Crippen LogP contribution is 2.38. The van der Waals surface area contributed by atoms with Gasteiger partial charge in [-0.2, -0.15) is 4.57 Å². The molecule has 4 aromatic rings. The molecular weight excluding hydrogens is 442 g/mol. The van der Waals surface area contributed by atoms with Crippen LogP contribution in [0.25, 0.3) is 32.5 Å². The third kappa shape index (κ3) is 4.34. The number of methoxy groups -OCH3 is 1. The van der Waals surface area contributed by atoms with Gasteiger partial charge >= 0.3 is 0 Å². The van der Waals surface area contributed by atoms with E-state index in [9.17, 15) is 18.1 Å². The summed E-state index contributed by atoms with van der Waals surface area (Å²) >= 11 is 3.16. The number of hydrogen-bond acceptors (Lipinski definition) is 7. The van der Waals surface area contributed by atoms with E-state index in [1.165, 1.54) is 0 Å². The predicted molar refractivity (Wildman–Crippen MR) is 120 cm³/mol. The summed E-state index contributed by atoms with van der Waals surface area (Å²) in [5.74, 6) is 0.571. The van der Waals surface area contributed by atoms with Gasteiger partial charge < -0.3 is 14.4 Å². The van der Waals surface area contributed by atoms with Crippen molar-refractivity contribution in [3.05, 3.63) is 52.3 Å². The lowest BCUT2D eigenvalue weighted by Gasteiger charge is -2.05. The van der Waals surface area contributed by atoms with Crippen LogP contribution in [-0.4, -0.2) is 30.9 Å². The first-order chi connectivity index (χ1) is 14.4. The molecule has 4 rings (SSSR count). The Morgan fingerprint density at radius 3 is 2.80 bits per heavy atom. The van der Waals surface area contributed by atoms with Crippen molar-refractivity contribution in [3.8, 4) is 11.5 Å². The van der Waals surface area contributed by atoms with Crippen molar-refractivity contribution in [1.82, 2.24) is 0 Å². The quantitative estimate of drug-likeness (QED) is 0.329. The van der Waals surface area contributed by atoms with Gasteiger partial charge in [0.05, 0.1) is 17.2 Å². The molecule has 0 radical (unpaired) electrons. The Labute approximate surface area is 182 Å². The van der Waals surface area contributed by atoms with Crippen LogP contribution in [0.15, 0.2) is 41.8 Å². The van der Waals surface area contributed by atoms with Crippen molar-refractivity contribution in [2.24, 2.45) is 0 Å². The maximum Gasteiger partial charge on any atom is 0.262 e. The molecule has 0 aliphatic carbocycles. The molecule has 30 heavy (non-hydrogen) atoms. The summed E-state index contributed by atoms with van der Waals surface area (Å²) in [7, 11) is -2.63. The number of ether oxygens (including phenoxy) is 1. The number of thiazole rings is 1. The lowest BCUT2D eigenvalue weighted by Crippen LogP contribution is -2.36. The van der Waals surface area contributed by atoms with Gasteiger partial charge in [0, 0.05) is 29.7 Å². The summed E-state index contributed by atoms with van der Waals surface area (Å²) in [6.07, 6.45) is 4.07. The summed E-state index contributed by atoms with van der Waals surface area (Å²) in [5.41, 5.74) is 1.85. The summed E-state index contributed by atoms with van der Waals surface area (Å²) in [6.45, 7) is 0.403. The highest BCUT2D eigenvalue weighted by Gasteiger charge is 2.24. The molecule has 0 fully saturated rings. The predicted octanol–water partition coefficient (Wildman–Crippen LogP) is 4.22. The molecule has 0 unspecified atom stereocenters. The fraction of sp³-hybridized carbons (Fsp3) is 0.190. The van der Waals surface area contributed by atoms with E-state index in [4.69, 9.17) is 4.74 Å². The van der Waals surface area contributed by atoms with E-state index in [1.807, 2.05) is 35.7 Å². The fourth-order valence-corrected chi connectivity index (χ4v) is 6.03. The van der Waals surface area contributed by atoms with Crippen LogP contribution in [0.5, 0.6) is 11.5 Å². The van der Waals surface area contributed by atoms with Gasteiger partial charge in [-0.1, -0.05) is 23.5 Å². The maximum atomic E-state index is 11.1. The molecule has 9 heteroatoms. The van der Waals surface area contributed by atoms with E-state index in [0.717, 1.165) is 36.6 Å². The fourth-order valence-electron chi connectivity index (χ4n) is 3.39. The first kappa shape index (κ1) is 20.8. The van der Waals surface area contributed by atoms with E-state index in [2.05, 4.69) is 4.57 Å². The van der Waals surface area contributed by atoms with Crippen LogP contribution < -0.4 is 9.30 Å². The Balaban J connectivity index is 1.84. The summed E-state index contributed by atoms with van der Waals surface area (Å²) in [5, 5.41) is 13.6. The zero-order chi connectivity index (χ0) is 21.3. The Bertz CT molecular complexity index is 1350. The largest absolute Gasteiger partial charge is 0.748 e. The van der Waals surface area contributed by atoms with Crippen LogP contribution in [0.3, 0.4) is 0 Å². The van der Waals surface area contributed by atoms with E-state index in [1.54, 1.807) is 48.0 Å². The van der Waals surface area contributed by atoms with Crippen molar-refractivity contribution < 1.29 is 27.4 Å². The SMILES string of the molecule is COc1cc2sc(/C=C/c3cccc(O)c3)[n+](CCCS(=O)(=O)[O-])c2c2sccc12. The Morgan fingerprint density at radius 2 is 2.07 bits per heavy atom. The van der Waals surface area contributed by atoms with E-state index in [0.29, 0.717) is 6.54 Å². The van der Waals surface area contributed by atoms with Crippen molar-refractivity contribution in [2.45, 2.75) is 13.0 Å². The summed E-state index contributed by atoms with van der Waals surface area (Å²) in [4.78, 5) is 0. The molecule has 0 atom stereocenters. The number of thiophene rings is 1. The van der Waals surface area contributed by atoms with Crippen LogP contribution in [0.2, 0.25) is 0 Å². The monoisotopic (exact) mass is 461 g/mol. The van der Waals surface area contributed by atoms with Gasteiger partial charge in [0.25, 0.3) is 5.01 Å². The minimum absolute atomic E-state index is 0.187. The average molecular weight is 462 g/mol. The minimum atomic E-state index is -4.27. The maximum absolute atomic E-state index is 11.1. The number of aromatic nitrogens is 1. The lowest BCUT2D eigenvalue weighted by molar-refractivity contribution is -0.667. The molecule has 0 aliphatic rings. The number of phenols is 1. The van der Waals surface area contributed by atoms with Crippen LogP contribution >= 0.6 is 22.7 Å². The van der Waals surface area contributed by atoms with Crippen molar-refractivity contribution in [1.29, 1.82) is 0 Å². The molecule has 6 nitrogen and oxygen atoms in total. The standard InChI is InChI=1S/C21H19NO5S3/c1-27-17-13-18-20(21-16(17)8-10-28-21)22(9-3-11-30(24,25)26)19(29-18)7-6-14-4-2-5-15(23)12-14/h2,4-8,10,12-13H,3,9,11H2,1H3,(H-,23,24,25,26)/b7-6+. The number of rotatable bonds is 7. The molecule has 0 spiro atoms. The molecule has 0 aliphatic heterocycles. The van der Waals surface area contributed by atoms with E-state index in [-0.39, 0.29) is 12.2 Å². The lowest BCUT2D eigenvalue weighted by atomic mass is 10.2. The molecule has 0 saturated heterocycles. The average Bonchev–Trinajstić information content (AvgIpc) is 3.29. The second kappa shape index (κ2) is 8.35. The third-order valence-electron chi connectivity index (χ3n) is 4.68. The van der Waals surface area contributed by atoms with Gasteiger partial charge in [-0.05, 0) is 35.2 Å². The molecule has 2 heterocycles. The second-order valence-electron chi connectivity index (χ2n) is 6.72. The van der Waals surface area contributed by atoms with Crippen LogP contribution in [0, 0.1) is 0 Å². The first-order valence-corrected chi connectivity index (χ1v) is 12.4. The highest BCUT2D eigenvalue weighted by atomic mass is 32.2. The molecule has 1 N–H and O–H groups in total. The normalized spacial score (nSPS) is 12.3. The van der Waals surface area contributed by atoms with Gasteiger partial charge in [0.15, 0.2) is 6.54 Å². The number of aryl methyl sites for hydroxylation is 1. The first-order valence-electron chi connectivity index (χ1n) is 9.17. The van der Waals surface area contributed by atoms with Crippen LogP contribution in [-0.2, 0) is 16.7 Å². The number of aromatic hydroxyl groups is 1. The number of benzene rings is 2. The van der Waals surface area contributed by atoms with Crippen LogP contribution in [0.1, 0.15) is 17.0 Å². The molecule has 0 bridgehead atoms. The van der Waals surface area contributed by atoms with Crippen molar-refractivity contribution in [2.75, 3.05) is 12.9 Å². The summed E-state index contributed by atoms with van der Waals surface area (Å²) < 4.78 is 43.0. The number of nitrogens with zero attached hydrogens (tertiary/aromatic N) is 1. The van der Waals surface area contributed by atoms with Crippen molar-refractivity contribution in [3.63, 3.8) is 0 Å². The topological polar surface area (TPSA) is 90.5 Å². The smallest absolute Gasteiger partial charge is 0.262 e.